The van der Waals surface area contributed by atoms with Gasteiger partial charge < -0.3 is 19.9 Å². The van der Waals surface area contributed by atoms with Crippen molar-refractivity contribution in [3.8, 4) is 11.5 Å². The summed E-state index contributed by atoms with van der Waals surface area (Å²) in [6.45, 7) is 7.41. The number of aromatic hydroxyl groups is 1. The van der Waals surface area contributed by atoms with E-state index in [0.717, 1.165) is 31.7 Å². The fraction of sp³-hybridized carbons (Fsp3) is 0.600. The first kappa shape index (κ1) is 15.8. The van der Waals surface area contributed by atoms with E-state index in [0.29, 0.717) is 18.2 Å². The van der Waals surface area contributed by atoms with Crippen molar-refractivity contribution >= 4 is 0 Å². The van der Waals surface area contributed by atoms with Gasteiger partial charge in [-0.25, -0.2) is 0 Å². The molecule has 0 amide bonds. The zero-order valence-electron chi connectivity index (χ0n) is 12.1. The molecule has 19 heavy (non-hydrogen) atoms. The van der Waals surface area contributed by atoms with Crippen molar-refractivity contribution in [2.45, 2.75) is 26.8 Å². The Morgan fingerprint density at radius 1 is 1.32 bits per heavy atom. The Bertz CT molecular complexity index is 366. The lowest BCUT2D eigenvalue weighted by Gasteiger charge is -2.09. The van der Waals surface area contributed by atoms with Crippen LogP contribution in [0.1, 0.15) is 25.8 Å². The lowest BCUT2D eigenvalue weighted by atomic mass is 10.2. The Balaban J connectivity index is 2.15. The molecule has 4 nitrogen and oxygen atoms in total. The number of benzene rings is 1. The second kappa shape index (κ2) is 8.77. The second-order valence-electron chi connectivity index (χ2n) is 4.99. The molecule has 1 rings (SSSR count). The van der Waals surface area contributed by atoms with E-state index >= 15 is 0 Å². The molecule has 2 N–H and O–H groups in total. The van der Waals surface area contributed by atoms with Crippen molar-refractivity contribution in [2.24, 2.45) is 5.92 Å². The molecule has 0 fully saturated rings. The summed E-state index contributed by atoms with van der Waals surface area (Å²) in [5.74, 6) is 1.52. The van der Waals surface area contributed by atoms with Crippen molar-refractivity contribution < 1.29 is 14.6 Å². The number of hydrogen-bond donors (Lipinski definition) is 2. The summed E-state index contributed by atoms with van der Waals surface area (Å²) < 4.78 is 10.5. The van der Waals surface area contributed by atoms with Crippen molar-refractivity contribution in [1.29, 1.82) is 0 Å². The normalized spacial score (nSPS) is 10.9. The SMILES string of the molecule is COc1ccc(CNCCCOCC(C)C)c(O)c1. The van der Waals surface area contributed by atoms with Crippen LogP contribution in [0.4, 0.5) is 0 Å². The van der Waals surface area contributed by atoms with Crippen LogP contribution in [0.5, 0.6) is 11.5 Å². The van der Waals surface area contributed by atoms with E-state index in [1.807, 2.05) is 12.1 Å². The molecule has 0 heterocycles. The number of hydrogen-bond acceptors (Lipinski definition) is 4. The summed E-state index contributed by atoms with van der Waals surface area (Å²) in [6, 6.07) is 5.35. The molecule has 1 aromatic rings. The van der Waals surface area contributed by atoms with E-state index in [4.69, 9.17) is 9.47 Å². The molecule has 0 spiro atoms. The van der Waals surface area contributed by atoms with Crippen molar-refractivity contribution in [3.63, 3.8) is 0 Å². The van der Waals surface area contributed by atoms with Crippen LogP contribution in [0.15, 0.2) is 18.2 Å². The van der Waals surface area contributed by atoms with Crippen molar-refractivity contribution in [3.05, 3.63) is 23.8 Å². The maximum Gasteiger partial charge on any atom is 0.123 e. The van der Waals surface area contributed by atoms with Gasteiger partial charge in [-0.15, -0.1) is 0 Å². The molecule has 0 saturated carbocycles. The molecule has 4 heteroatoms. The molecule has 0 atom stereocenters. The van der Waals surface area contributed by atoms with Gasteiger partial charge in [-0.3, -0.25) is 0 Å². The molecule has 1 aromatic carbocycles. The first-order valence-electron chi connectivity index (χ1n) is 6.77. The molecule has 0 bridgehead atoms. The molecule has 108 valence electrons. The number of methoxy groups -OCH3 is 1. The zero-order valence-corrected chi connectivity index (χ0v) is 12.1. The number of ether oxygens (including phenoxy) is 2. The Morgan fingerprint density at radius 2 is 2.11 bits per heavy atom. The summed E-state index contributed by atoms with van der Waals surface area (Å²) in [4.78, 5) is 0. The van der Waals surface area contributed by atoms with Crippen molar-refractivity contribution in [2.75, 3.05) is 26.9 Å². The third-order valence-electron chi connectivity index (χ3n) is 2.70. The van der Waals surface area contributed by atoms with Gasteiger partial charge in [-0.2, -0.15) is 0 Å². The number of rotatable bonds is 9. The second-order valence-corrected chi connectivity index (χ2v) is 4.99. The van der Waals surface area contributed by atoms with Crippen LogP contribution in [0.3, 0.4) is 0 Å². The highest BCUT2D eigenvalue weighted by Gasteiger charge is 2.02. The van der Waals surface area contributed by atoms with Gasteiger partial charge >= 0.3 is 0 Å². The van der Waals surface area contributed by atoms with E-state index in [2.05, 4.69) is 19.2 Å². The number of phenols is 1. The van der Waals surface area contributed by atoms with Crippen LogP contribution in [0, 0.1) is 5.92 Å². The largest absolute Gasteiger partial charge is 0.507 e. The Kier molecular flexibility index (Phi) is 7.30. The first-order valence-corrected chi connectivity index (χ1v) is 6.77. The van der Waals surface area contributed by atoms with Gasteiger partial charge in [-0.05, 0) is 24.9 Å². The van der Waals surface area contributed by atoms with E-state index in [1.165, 1.54) is 0 Å². The van der Waals surface area contributed by atoms with Crippen LogP contribution >= 0.6 is 0 Å². The van der Waals surface area contributed by atoms with Gasteiger partial charge in [0.05, 0.1) is 7.11 Å². The fourth-order valence-electron chi connectivity index (χ4n) is 1.66. The van der Waals surface area contributed by atoms with Crippen molar-refractivity contribution in [1.82, 2.24) is 5.32 Å². The number of phenolic OH excluding ortho intramolecular Hbond substituents is 1. The molecule has 0 aliphatic carbocycles. The molecular formula is C15H25NO3. The Labute approximate surface area is 115 Å². The van der Waals surface area contributed by atoms with Crippen LogP contribution in [-0.2, 0) is 11.3 Å². The highest BCUT2D eigenvalue weighted by atomic mass is 16.5. The van der Waals surface area contributed by atoms with Crippen LogP contribution in [0.25, 0.3) is 0 Å². The topological polar surface area (TPSA) is 50.7 Å². The van der Waals surface area contributed by atoms with Gasteiger partial charge in [0.1, 0.15) is 11.5 Å². The van der Waals surface area contributed by atoms with Crippen LogP contribution in [0.2, 0.25) is 0 Å². The van der Waals surface area contributed by atoms with Gasteiger partial charge in [0.25, 0.3) is 0 Å². The summed E-state index contributed by atoms with van der Waals surface area (Å²) in [5.41, 5.74) is 0.879. The lowest BCUT2D eigenvalue weighted by Crippen LogP contribution is -2.17. The molecule has 0 unspecified atom stereocenters. The Hall–Kier alpha value is -1.26. The molecule has 0 radical (unpaired) electrons. The molecular weight excluding hydrogens is 242 g/mol. The minimum absolute atomic E-state index is 0.267. The predicted molar refractivity (Wildman–Crippen MR) is 76.6 cm³/mol. The van der Waals surface area contributed by atoms with Crippen LogP contribution < -0.4 is 10.1 Å². The average molecular weight is 267 g/mol. The standard InChI is InChI=1S/C15H25NO3/c1-12(2)11-19-8-4-7-16-10-13-5-6-14(18-3)9-15(13)17/h5-6,9,12,16-17H,4,7-8,10-11H2,1-3H3. The quantitative estimate of drug-likeness (QED) is 0.675. The highest BCUT2D eigenvalue weighted by Crippen LogP contribution is 2.22. The summed E-state index contributed by atoms with van der Waals surface area (Å²) in [5, 5.41) is 13.1. The fourth-order valence-corrected chi connectivity index (χ4v) is 1.66. The highest BCUT2D eigenvalue weighted by molar-refractivity contribution is 5.39. The molecule has 0 aliphatic rings. The van der Waals surface area contributed by atoms with E-state index in [9.17, 15) is 5.11 Å². The van der Waals surface area contributed by atoms with Crippen LogP contribution in [-0.4, -0.2) is 32.0 Å². The number of nitrogens with one attached hydrogen (secondary N) is 1. The lowest BCUT2D eigenvalue weighted by molar-refractivity contribution is 0.108. The van der Waals surface area contributed by atoms with E-state index in [1.54, 1.807) is 13.2 Å². The maximum absolute atomic E-state index is 9.78. The molecule has 0 aromatic heterocycles. The summed E-state index contributed by atoms with van der Waals surface area (Å²) in [7, 11) is 1.59. The van der Waals surface area contributed by atoms with Gasteiger partial charge in [-0.1, -0.05) is 19.9 Å². The maximum atomic E-state index is 9.78. The minimum atomic E-state index is 0.267. The Morgan fingerprint density at radius 3 is 2.74 bits per heavy atom. The van der Waals surface area contributed by atoms with E-state index in [-0.39, 0.29) is 5.75 Å². The van der Waals surface area contributed by atoms with E-state index < -0.39 is 0 Å². The third kappa shape index (κ3) is 6.45. The molecule has 0 aliphatic heterocycles. The summed E-state index contributed by atoms with van der Waals surface area (Å²) in [6.07, 6.45) is 0.976. The predicted octanol–water partition coefficient (Wildman–Crippen LogP) is 2.55. The average Bonchev–Trinajstić information content (AvgIpc) is 2.38. The smallest absolute Gasteiger partial charge is 0.123 e. The minimum Gasteiger partial charge on any atom is -0.507 e. The zero-order chi connectivity index (χ0) is 14.1. The first-order chi connectivity index (χ1) is 9.13. The third-order valence-corrected chi connectivity index (χ3v) is 2.70. The summed E-state index contributed by atoms with van der Waals surface area (Å²) >= 11 is 0. The van der Waals surface area contributed by atoms with Gasteiger partial charge in [0.15, 0.2) is 0 Å². The monoisotopic (exact) mass is 267 g/mol. The molecule has 0 saturated heterocycles. The van der Waals surface area contributed by atoms with Gasteiger partial charge in [0, 0.05) is 31.4 Å². The van der Waals surface area contributed by atoms with Gasteiger partial charge in [0.2, 0.25) is 0 Å².